The molecule has 0 aliphatic rings. The van der Waals surface area contributed by atoms with Crippen LogP contribution in [0.3, 0.4) is 0 Å². The molecule has 0 heterocycles. The molecule has 0 aromatic heterocycles. The fraction of sp³-hybridized carbons (Fsp3) is 0.0833. The third kappa shape index (κ3) is 5.07. The maximum atomic E-state index is 11.6. The highest BCUT2D eigenvalue weighted by Gasteiger charge is 2.10. The molecule has 0 atom stereocenters. The SMILES string of the molecule is CCc1ccc(C#CC(=N)c2ccc(Sc3ccccc3C(N)=O)cc2N)cc1. The van der Waals surface area contributed by atoms with Gasteiger partial charge in [0.1, 0.15) is 5.71 Å². The highest BCUT2D eigenvalue weighted by Crippen LogP contribution is 2.32. The fourth-order valence-corrected chi connectivity index (χ4v) is 3.75. The Labute approximate surface area is 174 Å². The zero-order chi connectivity index (χ0) is 20.8. The van der Waals surface area contributed by atoms with Gasteiger partial charge in [-0.1, -0.05) is 48.9 Å². The predicted octanol–water partition coefficient (Wildman–Crippen LogP) is 4.50. The number of hydrogen-bond donors (Lipinski definition) is 3. The highest BCUT2D eigenvalue weighted by atomic mass is 32.2. The van der Waals surface area contributed by atoms with Gasteiger partial charge in [0.25, 0.3) is 0 Å². The summed E-state index contributed by atoms with van der Waals surface area (Å²) in [7, 11) is 0. The van der Waals surface area contributed by atoms with E-state index in [9.17, 15) is 4.79 Å². The normalized spacial score (nSPS) is 10.1. The van der Waals surface area contributed by atoms with E-state index in [-0.39, 0.29) is 5.71 Å². The number of rotatable bonds is 5. The summed E-state index contributed by atoms with van der Waals surface area (Å²) in [5.74, 6) is 5.41. The molecule has 5 heteroatoms. The molecule has 0 saturated carbocycles. The van der Waals surface area contributed by atoms with E-state index < -0.39 is 5.91 Å². The molecule has 3 aromatic rings. The molecule has 0 aliphatic heterocycles. The van der Waals surface area contributed by atoms with E-state index in [1.54, 1.807) is 24.3 Å². The molecule has 144 valence electrons. The first-order valence-electron chi connectivity index (χ1n) is 9.14. The molecular formula is C24H21N3OS. The molecule has 3 rings (SSSR count). The zero-order valence-electron chi connectivity index (χ0n) is 16.0. The molecule has 4 nitrogen and oxygen atoms in total. The maximum Gasteiger partial charge on any atom is 0.249 e. The van der Waals surface area contributed by atoms with E-state index in [0.717, 1.165) is 21.8 Å². The van der Waals surface area contributed by atoms with Crippen LogP contribution in [-0.2, 0) is 6.42 Å². The van der Waals surface area contributed by atoms with Crippen molar-refractivity contribution in [1.29, 1.82) is 5.41 Å². The number of carbonyl (C=O) groups excluding carboxylic acids is 1. The Morgan fingerprint density at radius 1 is 1.03 bits per heavy atom. The number of carbonyl (C=O) groups is 1. The summed E-state index contributed by atoms with van der Waals surface area (Å²) in [5.41, 5.74) is 15.4. The Morgan fingerprint density at radius 2 is 1.76 bits per heavy atom. The van der Waals surface area contributed by atoms with E-state index in [4.69, 9.17) is 16.9 Å². The highest BCUT2D eigenvalue weighted by molar-refractivity contribution is 7.99. The molecule has 0 saturated heterocycles. The Balaban J connectivity index is 1.78. The van der Waals surface area contributed by atoms with Crippen molar-refractivity contribution in [3.63, 3.8) is 0 Å². The molecular weight excluding hydrogens is 378 g/mol. The molecule has 1 amide bonds. The van der Waals surface area contributed by atoms with Gasteiger partial charge < -0.3 is 11.5 Å². The number of amides is 1. The standard InChI is InChI=1S/C24H21N3OS/c1-2-16-7-9-17(10-8-16)11-14-21(25)19-13-12-18(15-22(19)26)29-23-6-4-3-5-20(23)24(27)28/h3-10,12-13,15,25H,2,26H2,1H3,(H2,27,28). The minimum Gasteiger partial charge on any atom is -0.398 e. The lowest BCUT2D eigenvalue weighted by molar-refractivity contribution is 0.0997. The molecule has 0 spiro atoms. The monoisotopic (exact) mass is 399 g/mol. The minimum atomic E-state index is -0.471. The summed E-state index contributed by atoms with van der Waals surface area (Å²) in [5, 5.41) is 8.26. The zero-order valence-corrected chi connectivity index (χ0v) is 16.8. The lowest BCUT2D eigenvalue weighted by atomic mass is 10.1. The molecule has 29 heavy (non-hydrogen) atoms. The van der Waals surface area contributed by atoms with Crippen molar-refractivity contribution in [2.75, 3.05) is 5.73 Å². The van der Waals surface area contributed by atoms with Crippen molar-refractivity contribution in [1.82, 2.24) is 0 Å². The summed E-state index contributed by atoms with van der Waals surface area (Å²) in [6.45, 7) is 2.10. The molecule has 3 aromatic carbocycles. The first-order chi connectivity index (χ1) is 14.0. The lowest BCUT2D eigenvalue weighted by Crippen LogP contribution is -2.11. The first kappa shape index (κ1) is 20.2. The van der Waals surface area contributed by atoms with E-state index in [1.807, 2.05) is 42.5 Å². The summed E-state index contributed by atoms with van der Waals surface area (Å²) in [6.07, 6.45) is 0.980. The van der Waals surface area contributed by atoms with Crippen LogP contribution in [0.1, 0.15) is 34.0 Å². The van der Waals surface area contributed by atoms with Crippen LogP contribution in [0.25, 0.3) is 0 Å². The van der Waals surface area contributed by atoms with Gasteiger partial charge in [-0.05, 0) is 60.4 Å². The van der Waals surface area contributed by atoms with E-state index in [1.165, 1.54) is 17.3 Å². The number of benzene rings is 3. The van der Waals surface area contributed by atoms with Gasteiger partial charge in [0.05, 0.1) is 5.56 Å². The van der Waals surface area contributed by atoms with Crippen LogP contribution >= 0.6 is 11.8 Å². The smallest absolute Gasteiger partial charge is 0.249 e. The van der Waals surface area contributed by atoms with Gasteiger partial charge in [-0.2, -0.15) is 0 Å². The van der Waals surface area contributed by atoms with Crippen molar-refractivity contribution in [2.24, 2.45) is 5.73 Å². The average molecular weight is 400 g/mol. The van der Waals surface area contributed by atoms with Crippen LogP contribution < -0.4 is 11.5 Å². The topological polar surface area (TPSA) is 93.0 Å². The lowest BCUT2D eigenvalue weighted by Gasteiger charge is -2.09. The van der Waals surface area contributed by atoms with E-state index in [2.05, 4.69) is 18.8 Å². The second kappa shape index (κ2) is 9.13. The number of nitrogens with two attached hydrogens (primary N) is 2. The largest absolute Gasteiger partial charge is 0.398 e. The van der Waals surface area contributed by atoms with Crippen molar-refractivity contribution >= 4 is 29.1 Å². The van der Waals surface area contributed by atoms with Crippen molar-refractivity contribution < 1.29 is 4.79 Å². The van der Waals surface area contributed by atoms with Crippen LogP contribution in [0.2, 0.25) is 0 Å². The average Bonchev–Trinajstić information content (AvgIpc) is 2.72. The van der Waals surface area contributed by atoms with Crippen molar-refractivity contribution in [2.45, 2.75) is 23.1 Å². The summed E-state index contributed by atoms with van der Waals surface area (Å²) in [6, 6.07) is 20.6. The number of aryl methyl sites for hydroxylation is 1. The Morgan fingerprint density at radius 3 is 2.41 bits per heavy atom. The molecule has 5 N–H and O–H groups in total. The van der Waals surface area contributed by atoms with Crippen LogP contribution in [0, 0.1) is 17.3 Å². The first-order valence-corrected chi connectivity index (χ1v) is 9.95. The Kier molecular flexibility index (Phi) is 6.38. The second-order valence-corrected chi connectivity index (χ2v) is 7.50. The van der Waals surface area contributed by atoms with Gasteiger partial charge in [-0.3, -0.25) is 10.2 Å². The number of nitrogen functional groups attached to an aromatic ring is 1. The fourth-order valence-electron chi connectivity index (χ4n) is 2.74. The maximum absolute atomic E-state index is 11.6. The molecule has 0 fully saturated rings. The predicted molar refractivity (Wildman–Crippen MR) is 119 cm³/mol. The molecule has 0 unspecified atom stereocenters. The van der Waals surface area contributed by atoms with Gasteiger partial charge in [0, 0.05) is 26.6 Å². The van der Waals surface area contributed by atoms with Crippen LogP contribution in [0.15, 0.2) is 76.5 Å². The van der Waals surface area contributed by atoms with Gasteiger partial charge in [0.15, 0.2) is 0 Å². The summed E-state index contributed by atoms with van der Waals surface area (Å²) < 4.78 is 0. The van der Waals surface area contributed by atoms with Crippen molar-refractivity contribution in [3.05, 3.63) is 89.0 Å². The van der Waals surface area contributed by atoms with Gasteiger partial charge >= 0.3 is 0 Å². The van der Waals surface area contributed by atoms with E-state index >= 15 is 0 Å². The third-order valence-corrected chi connectivity index (χ3v) is 5.43. The summed E-state index contributed by atoms with van der Waals surface area (Å²) >= 11 is 1.40. The number of primary amides is 1. The van der Waals surface area contributed by atoms with Gasteiger partial charge in [0.2, 0.25) is 5.91 Å². The number of nitrogens with one attached hydrogen (secondary N) is 1. The van der Waals surface area contributed by atoms with Crippen LogP contribution in [0.5, 0.6) is 0 Å². The molecule has 0 radical (unpaired) electrons. The van der Waals surface area contributed by atoms with E-state index in [0.29, 0.717) is 16.8 Å². The molecule has 0 bridgehead atoms. The quantitative estimate of drug-likeness (QED) is 0.335. The summed E-state index contributed by atoms with van der Waals surface area (Å²) in [4.78, 5) is 13.2. The Hall–Kier alpha value is -3.49. The number of hydrogen-bond acceptors (Lipinski definition) is 4. The minimum absolute atomic E-state index is 0.163. The Bertz CT molecular complexity index is 1120. The number of anilines is 1. The van der Waals surface area contributed by atoms with Crippen LogP contribution in [0.4, 0.5) is 5.69 Å². The van der Waals surface area contributed by atoms with Gasteiger partial charge in [-0.25, -0.2) is 0 Å². The third-order valence-electron chi connectivity index (χ3n) is 4.37. The van der Waals surface area contributed by atoms with Crippen molar-refractivity contribution in [3.8, 4) is 11.8 Å². The van der Waals surface area contributed by atoms with Gasteiger partial charge in [-0.15, -0.1) is 0 Å². The second-order valence-electron chi connectivity index (χ2n) is 6.39. The molecule has 0 aliphatic carbocycles. The van der Waals surface area contributed by atoms with Crippen LogP contribution in [-0.4, -0.2) is 11.6 Å².